The van der Waals surface area contributed by atoms with Gasteiger partial charge in [-0.1, -0.05) is 30.3 Å². The molecule has 8 heteroatoms. The van der Waals surface area contributed by atoms with Gasteiger partial charge in [0.05, 0.1) is 5.56 Å². The highest BCUT2D eigenvalue weighted by Gasteiger charge is 2.42. The number of carbonyl (C=O) groups excluding carboxylic acids is 2. The molecule has 1 saturated heterocycles. The lowest BCUT2D eigenvalue weighted by atomic mass is 9.84. The van der Waals surface area contributed by atoms with Gasteiger partial charge in [0, 0.05) is 29.9 Å². The van der Waals surface area contributed by atoms with E-state index >= 15 is 0 Å². The van der Waals surface area contributed by atoms with Crippen LogP contribution in [-0.2, 0) is 13.0 Å². The molecular formula is C18H21N5O2S. The smallest absolute Gasteiger partial charge is 0.317 e. The number of fused-ring (bicyclic) bond motifs is 3. The Morgan fingerprint density at radius 2 is 2.04 bits per heavy atom. The van der Waals surface area contributed by atoms with Crippen LogP contribution in [0.3, 0.4) is 0 Å². The third-order valence-electron chi connectivity index (χ3n) is 5.12. The SMILES string of the molecule is NC(=O)Nc1sc2c(c1C(N)=O)CCC1C2CNN1Cc1ccccc1. The molecule has 2 atom stereocenters. The average molecular weight is 371 g/mol. The predicted octanol–water partition coefficient (Wildman–Crippen LogP) is 1.76. The van der Waals surface area contributed by atoms with Gasteiger partial charge < -0.3 is 11.5 Å². The first-order chi connectivity index (χ1) is 12.5. The van der Waals surface area contributed by atoms with Crippen LogP contribution in [0.25, 0.3) is 0 Å². The molecule has 7 nitrogen and oxygen atoms in total. The minimum Gasteiger partial charge on any atom is -0.365 e. The first-order valence-electron chi connectivity index (χ1n) is 8.60. The highest BCUT2D eigenvalue weighted by molar-refractivity contribution is 7.17. The van der Waals surface area contributed by atoms with Crippen molar-refractivity contribution in [2.75, 3.05) is 11.9 Å². The molecule has 0 spiro atoms. The Morgan fingerprint density at radius 1 is 1.27 bits per heavy atom. The van der Waals surface area contributed by atoms with Gasteiger partial charge in [-0.15, -0.1) is 11.3 Å². The zero-order valence-electron chi connectivity index (χ0n) is 14.2. The molecule has 0 bridgehead atoms. The Kier molecular flexibility index (Phi) is 4.39. The predicted molar refractivity (Wildman–Crippen MR) is 101 cm³/mol. The number of benzene rings is 1. The molecule has 6 N–H and O–H groups in total. The van der Waals surface area contributed by atoms with Gasteiger partial charge in [0.1, 0.15) is 5.00 Å². The van der Waals surface area contributed by atoms with Crippen LogP contribution in [-0.4, -0.2) is 29.5 Å². The summed E-state index contributed by atoms with van der Waals surface area (Å²) in [5.41, 5.74) is 17.0. The molecule has 3 amide bonds. The highest BCUT2D eigenvalue weighted by atomic mass is 32.1. The van der Waals surface area contributed by atoms with E-state index in [-0.39, 0.29) is 5.92 Å². The van der Waals surface area contributed by atoms with Gasteiger partial charge in [-0.25, -0.2) is 9.80 Å². The molecule has 136 valence electrons. The second-order valence-electron chi connectivity index (χ2n) is 6.69. The van der Waals surface area contributed by atoms with Crippen LogP contribution in [0, 0.1) is 0 Å². The topological polar surface area (TPSA) is 113 Å². The molecule has 0 saturated carbocycles. The first-order valence-corrected chi connectivity index (χ1v) is 9.42. The fourth-order valence-corrected chi connectivity index (χ4v) is 5.46. The Labute approximate surface area is 155 Å². The fraction of sp³-hybridized carbons (Fsp3) is 0.333. The van der Waals surface area contributed by atoms with Crippen molar-refractivity contribution in [1.82, 2.24) is 10.4 Å². The summed E-state index contributed by atoms with van der Waals surface area (Å²) in [6, 6.07) is 10.0. The quantitative estimate of drug-likeness (QED) is 0.656. The number of carbonyl (C=O) groups is 2. The van der Waals surface area contributed by atoms with Crippen LogP contribution in [0.5, 0.6) is 0 Å². The number of amides is 3. The Balaban J connectivity index is 1.62. The summed E-state index contributed by atoms with van der Waals surface area (Å²) in [4.78, 5) is 24.4. The molecule has 1 aliphatic carbocycles. The second kappa shape index (κ2) is 6.71. The molecule has 0 radical (unpaired) electrons. The van der Waals surface area contributed by atoms with E-state index in [0.29, 0.717) is 16.6 Å². The maximum absolute atomic E-state index is 11.9. The number of urea groups is 1. The van der Waals surface area contributed by atoms with Gasteiger partial charge >= 0.3 is 6.03 Å². The van der Waals surface area contributed by atoms with Crippen molar-refractivity contribution in [2.24, 2.45) is 11.5 Å². The van der Waals surface area contributed by atoms with Crippen molar-refractivity contribution in [1.29, 1.82) is 0 Å². The van der Waals surface area contributed by atoms with Crippen molar-refractivity contribution < 1.29 is 9.59 Å². The van der Waals surface area contributed by atoms with Crippen molar-refractivity contribution in [3.63, 3.8) is 0 Å². The van der Waals surface area contributed by atoms with E-state index in [0.717, 1.165) is 36.4 Å². The summed E-state index contributed by atoms with van der Waals surface area (Å²) in [6.45, 7) is 1.64. The maximum Gasteiger partial charge on any atom is 0.317 e. The Bertz CT molecular complexity index is 851. The average Bonchev–Trinajstić information content (AvgIpc) is 3.16. The number of rotatable bonds is 4. The molecule has 2 aliphatic rings. The van der Waals surface area contributed by atoms with E-state index in [1.54, 1.807) is 0 Å². The lowest BCUT2D eigenvalue weighted by Gasteiger charge is -2.30. The minimum atomic E-state index is -0.683. The van der Waals surface area contributed by atoms with E-state index in [1.165, 1.54) is 16.9 Å². The van der Waals surface area contributed by atoms with E-state index < -0.39 is 11.9 Å². The van der Waals surface area contributed by atoms with Gasteiger partial charge in [-0.2, -0.15) is 0 Å². The van der Waals surface area contributed by atoms with Crippen molar-refractivity contribution >= 4 is 28.3 Å². The van der Waals surface area contributed by atoms with E-state index in [4.69, 9.17) is 11.5 Å². The maximum atomic E-state index is 11.9. The highest BCUT2D eigenvalue weighted by Crippen LogP contribution is 2.46. The second-order valence-corrected chi connectivity index (χ2v) is 7.74. The number of hydrogen-bond donors (Lipinski definition) is 4. The standard InChI is InChI=1S/C18H21N5O2S/c19-16(24)14-11-6-7-13-12(15(11)26-17(14)22-18(20)25)8-21-23(13)9-10-4-2-1-3-5-10/h1-5,12-13,21H,6-9H2,(H2,19,24)(H3,20,22,25). The Morgan fingerprint density at radius 3 is 2.73 bits per heavy atom. The van der Waals surface area contributed by atoms with Gasteiger partial charge in [0.15, 0.2) is 0 Å². The van der Waals surface area contributed by atoms with Crippen LogP contribution in [0.1, 0.15) is 38.7 Å². The molecule has 1 aromatic heterocycles. The van der Waals surface area contributed by atoms with Crippen molar-refractivity contribution in [3.05, 3.63) is 51.9 Å². The lowest BCUT2D eigenvalue weighted by molar-refractivity contribution is 0.1000. The number of primary amides is 2. The normalized spacial score (nSPS) is 21.8. The number of hydrazine groups is 1. The van der Waals surface area contributed by atoms with Gasteiger partial charge in [-0.05, 0) is 24.0 Å². The summed E-state index contributed by atoms with van der Waals surface area (Å²) in [7, 11) is 0. The summed E-state index contributed by atoms with van der Waals surface area (Å²) in [5.74, 6) is -0.245. The molecule has 1 aliphatic heterocycles. The first kappa shape index (κ1) is 17.0. The lowest BCUT2D eigenvalue weighted by Crippen LogP contribution is -2.38. The summed E-state index contributed by atoms with van der Waals surface area (Å²) in [6.07, 6.45) is 1.70. The molecule has 2 unspecified atom stereocenters. The van der Waals surface area contributed by atoms with Crippen LogP contribution >= 0.6 is 11.3 Å². The molecule has 2 aromatic rings. The van der Waals surface area contributed by atoms with Crippen LogP contribution < -0.4 is 22.2 Å². The summed E-state index contributed by atoms with van der Waals surface area (Å²) < 4.78 is 0. The summed E-state index contributed by atoms with van der Waals surface area (Å²) in [5, 5.41) is 5.32. The van der Waals surface area contributed by atoms with Crippen LogP contribution in [0.15, 0.2) is 30.3 Å². The van der Waals surface area contributed by atoms with Crippen molar-refractivity contribution in [3.8, 4) is 0 Å². The molecule has 1 fully saturated rings. The third kappa shape index (κ3) is 2.96. The number of nitrogens with one attached hydrogen (secondary N) is 2. The van der Waals surface area contributed by atoms with E-state index in [9.17, 15) is 9.59 Å². The largest absolute Gasteiger partial charge is 0.365 e. The molecule has 2 heterocycles. The zero-order valence-corrected chi connectivity index (χ0v) is 15.0. The van der Waals surface area contributed by atoms with E-state index in [1.807, 2.05) is 18.2 Å². The van der Waals surface area contributed by atoms with Crippen molar-refractivity contribution in [2.45, 2.75) is 31.3 Å². The minimum absolute atomic E-state index is 0.272. The molecule has 26 heavy (non-hydrogen) atoms. The fourth-order valence-electron chi connectivity index (χ4n) is 4.05. The van der Waals surface area contributed by atoms with Gasteiger partial charge in [0.2, 0.25) is 0 Å². The number of thiophene rings is 1. The zero-order chi connectivity index (χ0) is 18.3. The van der Waals surface area contributed by atoms with E-state index in [2.05, 4.69) is 27.9 Å². The molecule has 4 rings (SSSR count). The summed E-state index contributed by atoms with van der Waals surface area (Å²) >= 11 is 1.42. The van der Waals surface area contributed by atoms with Crippen LogP contribution in [0.4, 0.5) is 9.80 Å². The number of nitrogens with zero attached hydrogens (tertiary/aromatic N) is 1. The molecular weight excluding hydrogens is 350 g/mol. The number of hydrogen-bond acceptors (Lipinski definition) is 5. The van der Waals surface area contributed by atoms with Gasteiger partial charge in [-0.3, -0.25) is 15.5 Å². The Hall–Kier alpha value is -2.42. The van der Waals surface area contributed by atoms with Crippen LogP contribution in [0.2, 0.25) is 0 Å². The van der Waals surface area contributed by atoms with Gasteiger partial charge in [0.25, 0.3) is 5.91 Å². The monoisotopic (exact) mass is 371 g/mol. The third-order valence-corrected chi connectivity index (χ3v) is 6.40. The number of nitrogens with two attached hydrogens (primary N) is 2. The number of anilines is 1. The molecule has 1 aromatic carbocycles.